The third kappa shape index (κ3) is 2.32. The molecular weight excluding hydrogens is 336 g/mol. The minimum Gasteiger partial charge on any atom is -0.468 e. The number of ether oxygens (including phenoxy) is 2. The molecule has 0 fully saturated rings. The van der Waals surface area contributed by atoms with E-state index < -0.39 is 24.0 Å². The highest BCUT2D eigenvalue weighted by molar-refractivity contribution is 6.40. The van der Waals surface area contributed by atoms with Crippen LogP contribution in [0.5, 0.6) is 0 Å². The van der Waals surface area contributed by atoms with Crippen LogP contribution in [0.1, 0.15) is 5.69 Å². The number of para-hydroxylation sites is 1. The van der Waals surface area contributed by atoms with E-state index in [0.717, 1.165) is 10.9 Å². The van der Waals surface area contributed by atoms with Gasteiger partial charge in [0.1, 0.15) is 5.71 Å². The Kier molecular flexibility index (Phi) is 4.19. The van der Waals surface area contributed by atoms with Crippen LogP contribution in [0, 0.1) is 5.92 Å². The number of rotatable bonds is 3. The van der Waals surface area contributed by atoms with E-state index in [1.165, 1.54) is 14.2 Å². The lowest BCUT2D eigenvalue weighted by Crippen LogP contribution is -2.39. The van der Waals surface area contributed by atoms with Crippen LogP contribution in [0.15, 0.2) is 29.4 Å². The lowest BCUT2D eigenvalue weighted by Gasteiger charge is -2.15. The number of nitrogens with zero attached hydrogens (tertiary/aromatic N) is 2. The van der Waals surface area contributed by atoms with Crippen LogP contribution in [-0.2, 0) is 30.9 Å². The monoisotopic (exact) mass is 350 g/mol. The second-order valence-electron chi connectivity index (χ2n) is 5.27. The molecule has 1 aliphatic heterocycles. The van der Waals surface area contributed by atoms with E-state index in [9.17, 15) is 9.59 Å². The summed E-state index contributed by atoms with van der Waals surface area (Å²) in [5, 5.41) is 5.17. The van der Waals surface area contributed by atoms with Crippen molar-refractivity contribution < 1.29 is 23.9 Å². The average molecular weight is 351 g/mol. The van der Waals surface area contributed by atoms with Gasteiger partial charge in [-0.25, -0.2) is 4.79 Å². The highest BCUT2D eigenvalue weighted by atomic mass is 35.5. The Bertz CT molecular complexity index is 819. The first-order valence-electron chi connectivity index (χ1n) is 7.13. The zero-order valence-electron chi connectivity index (χ0n) is 13.3. The van der Waals surface area contributed by atoms with Crippen LogP contribution in [0.2, 0.25) is 5.02 Å². The molecule has 1 aromatic heterocycles. The normalized spacial score (nSPS) is 19.8. The van der Waals surface area contributed by atoms with Gasteiger partial charge < -0.3 is 18.9 Å². The smallest absolute Gasteiger partial charge is 0.351 e. The predicted octanol–water partition coefficient (Wildman–Crippen LogP) is 1.90. The molecule has 7 nitrogen and oxygen atoms in total. The molecule has 0 bridgehead atoms. The highest BCUT2D eigenvalue weighted by Gasteiger charge is 2.48. The number of benzene rings is 1. The molecule has 0 aliphatic carbocycles. The summed E-state index contributed by atoms with van der Waals surface area (Å²) in [5.74, 6) is -2.41. The van der Waals surface area contributed by atoms with Gasteiger partial charge in [-0.2, -0.15) is 0 Å². The van der Waals surface area contributed by atoms with Crippen molar-refractivity contribution in [2.24, 2.45) is 18.1 Å². The van der Waals surface area contributed by atoms with E-state index in [0.29, 0.717) is 10.7 Å². The standard InChI is InChI=1S/C16H15ClN2O5/c1-19-9-7-5-4-6-8(9)11(17)13(19)12-10(15(20)22-2)14(24-18-12)16(21)23-3/h4-7,10,14H,1-3H3. The molecule has 2 unspecified atom stereocenters. The zero-order valence-corrected chi connectivity index (χ0v) is 14.0. The van der Waals surface area contributed by atoms with E-state index in [4.69, 9.17) is 21.2 Å². The highest BCUT2D eigenvalue weighted by Crippen LogP contribution is 2.35. The first-order chi connectivity index (χ1) is 11.5. The number of aromatic nitrogens is 1. The van der Waals surface area contributed by atoms with Gasteiger partial charge >= 0.3 is 11.9 Å². The predicted molar refractivity (Wildman–Crippen MR) is 86.9 cm³/mol. The fourth-order valence-electron chi connectivity index (χ4n) is 2.85. The zero-order chi connectivity index (χ0) is 17.4. The SMILES string of the molecule is COC(=O)C1ON=C(c2c(Cl)c3ccccc3n2C)C1C(=O)OC. The average Bonchev–Trinajstić information content (AvgIpc) is 3.14. The summed E-state index contributed by atoms with van der Waals surface area (Å²) in [4.78, 5) is 29.3. The third-order valence-corrected chi connectivity index (χ3v) is 4.42. The summed E-state index contributed by atoms with van der Waals surface area (Å²) in [6.45, 7) is 0. The molecule has 1 aromatic carbocycles. The second kappa shape index (κ2) is 6.16. The molecule has 8 heteroatoms. The maximum atomic E-state index is 12.2. The van der Waals surface area contributed by atoms with Crippen LogP contribution in [0.4, 0.5) is 0 Å². The summed E-state index contributed by atoms with van der Waals surface area (Å²) < 4.78 is 11.3. The summed E-state index contributed by atoms with van der Waals surface area (Å²) in [5.41, 5.74) is 1.60. The minimum atomic E-state index is -1.20. The van der Waals surface area contributed by atoms with Crippen LogP contribution in [-0.4, -0.2) is 42.5 Å². The van der Waals surface area contributed by atoms with Crippen LogP contribution < -0.4 is 0 Å². The lowest BCUT2D eigenvalue weighted by molar-refractivity contribution is -0.161. The fraction of sp³-hybridized carbons (Fsp3) is 0.312. The Balaban J connectivity index is 2.15. The topological polar surface area (TPSA) is 79.1 Å². The minimum absolute atomic E-state index is 0.237. The van der Waals surface area contributed by atoms with Crippen molar-refractivity contribution in [1.29, 1.82) is 0 Å². The van der Waals surface area contributed by atoms with Gasteiger partial charge in [-0.3, -0.25) is 4.79 Å². The van der Waals surface area contributed by atoms with Gasteiger partial charge in [-0.15, -0.1) is 0 Å². The number of hydrogen-bond donors (Lipinski definition) is 0. The molecular formula is C16H15ClN2O5. The van der Waals surface area contributed by atoms with Gasteiger partial charge in [0.15, 0.2) is 5.92 Å². The number of carbonyl (C=O) groups is 2. The van der Waals surface area contributed by atoms with Gasteiger partial charge in [0.2, 0.25) is 6.10 Å². The van der Waals surface area contributed by atoms with Gasteiger partial charge in [-0.1, -0.05) is 35.0 Å². The molecule has 2 heterocycles. The van der Waals surface area contributed by atoms with Crippen LogP contribution >= 0.6 is 11.6 Å². The molecule has 0 N–H and O–H groups in total. The van der Waals surface area contributed by atoms with Gasteiger partial charge in [0.05, 0.1) is 24.9 Å². The molecule has 2 aromatic rings. The molecule has 2 atom stereocenters. The van der Waals surface area contributed by atoms with Crippen LogP contribution in [0.3, 0.4) is 0 Å². The molecule has 0 spiro atoms. The maximum Gasteiger partial charge on any atom is 0.351 e. The van der Waals surface area contributed by atoms with Gasteiger partial charge in [0.25, 0.3) is 0 Å². The number of oxime groups is 1. The largest absolute Gasteiger partial charge is 0.468 e. The van der Waals surface area contributed by atoms with E-state index in [1.54, 1.807) is 11.6 Å². The number of methoxy groups -OCH3 is 2. The molecule has 1 aliphatic rings. The summed E-state index contributed by atoms with van der Waals surface area (Å²) in [6, 6.07) is 7.50. The number of esters is 2. The van der Waals surface area contributed by atoms with Crippen molar-refractivity contribution in [1.82, 2.24) is 4.57 Å². The molecule has 0 saturated heterocycles. The molecule has 24 heavy (non-hydrogen) atoms. The Labute approximate surface area is 142 Å². The van der Waals surface area contributed by atoms with Crippen molar-refractivity contribution >= 4 is 40.2 Å². The lowest BCUT2D eigenvalue weighted by atomic mass is 9.95. The number of aryl methyl sites for hydroxylation is 1. The molecule has 0 saturated carbocycles. The van der Waals surface area contributed by atoms with Gasteiger partial charge in [0, 0.05) is 18.0 Å². The van der Waals surface area contributed by atoms with Crippen molar-refractivity contribution in [3.63, 3.8) is 0 Å². The quantitative estimate of drug-likeness (QED) is 0.790. The van der Waals surface area contributed by atoms with Crippen molar-refractivity contribution in [3.8, 4) is 0 Å². The Hall–Kier alpha value is -2.54. The number of fused-ring (bicyclic) bond motifs is 1. The second-order valence-corrected chi connectivity index (χ2v) is 5.64. The van der Waals surface area contributed by atoms with Crippen LogP contribution in [0.25, 0.3) is 10.9 Å². The van der Waals surface area contributed by atoms with Crippen molar-refractivity contribution in [2.45, 2.75) is 6.10 Å². The molecule has 0 amide bonds. The first-order valence-corrected chi connectivity index (χ1v) is 7.51. The fourth-order valence-corrected chi connectivity index (χ4v) is 3.24. The molecule has 126 valence electrons. The Morgan fingerprint density at radius 2 is 1.88 bits per heavy atom. The van der Waals surface area contributed by atoms with E-state index >= 15 is 0 Å². The number of halogens is 1. The summed E-state index contributed by atoms with van der Waals surface area (Å²) in [6.07, 6.45) is -1.20. The van der Waals surface area contributed by atoms with E-state index in [-0.39, 0.29) is 5.71 Å². The van der Waals surface area contributed by atoms with Crippen molar-refractivity contribution in [2.75, 3.05) is 14.2 Å². The maximum absolute atomic E-state index is 12.2. The Morgan fingerprint density at radius 3 is 2.50 bits per heavy atom. The first kappa shape index (κ1) is 16.3. The Morgan fingerprint density at radius 1 is 1.21 bits per heavy atom. The van der Waals surface area contributed by atoms with E-state index in [1.807, 2.05) is 24.3 Å². The van der Waals surface area contributed by atoms with Gasteiger partial charge in [-0.05, 0) is 6.07 Å². The summed E-state index contributed by atoms with van der Waals surface area (Å²) in [7, 11) is 4.24. The molecule has 3 rings (SSSR count). The number of hydrogen-bond acceptors (Lipinski definition) is 6. The molecule has 0 radical (unpaired) electrons. The third-order valence-electron chi connectivity index (χ3n) is 4.04. The van der Waals surface area contributed by atoms with Crippen molar-refractivity contribution in [3.05, 3.63) is 35.0 Å². The summed E-state index contributed by atoms with van der Waals surface area (Å²) >= 11 is 6.49. The number of carbonyl (C=O) groups excluding carboxylic acids is 2. The van der Waals surface area contributed by atoms with E-state index in [2.05, 4.69) is 9.89 Å².